The van der Waals surface area contributed by atoms with E-state index in [2.05, 4.69) is 26.9 Å². The summed E-state index contributed by atoms with van der Waals surface area (Å²) in [4.78, 5) is 0. The third kappa shape index (κ3) is 9.64. The summed E-state index contributed by atoms with van der Waals surface area (Å²) in [6.07, 6.45) is 11.7. The molecule has 0 saturated heterocycles. The van der Waals surface area contributed by atoms with Crippen LogP contribution in [0.5, 0.6) is 0 Å². The lowest BCUT2D eigenvalue weighted by Gasteiger charge is -2.16. The maximum atomic E-state index is 2.60. The molecule has 96 valence electrons. The van der Waals surface area contributed by atoms with Crippen molar-refractivity contribution in [3.05, 3.63) is 0 Å². The van der Waals surface area contributed by atoms with Gasteiger partial charge in [-0.05, 0) is 0 Å². The highest BCUT2D eigenvalue weighted by atomic mass is 29.2. The average Bonchev–Trinajstić information content (AvgIpc) is 2.29. The van der Waals surface area contributed by atoms with Gasteiger partial charge in [0.2, 0.25) is 0 Å². The summed E-state index contributed by atoms with van der Waals surface area (Å²) >= 11 is 0. The molecule has 0 atom stereocenters. The Kier molecular flexibility index (Phi) is 12.2. The summed E-state index contributed by atoms with van der Waals surface area (Å²) in [5.41, 5.74) is 0. The van der Waals surface area contributed by atoms with Gasteiger partial charge < -0.3 is 0 Å². The molecule has 16 heavy (non-hydrogen) atoms. The van der Waals surface area contributed by atoms with Gasteiger partial charge in [0.05, 0.1) is 0 Å². The maximum absolute atomic E-state index is 2.60. The fourth-order valence-corrected chi connectivity index (χ4v) is 8.10. The Labute approximate surface area is 107 Å². The summed E-state index contributed by atoms with van der Waals surface area (Å²) in [7, 11) is 0.134. The smallest absolute Gasteiger partial charge is 0.0342 e. The molecule has 0 aliphatic rings. The summed E-state index contributed by atoms with van der Waals surface area (Å²) < 4.78 is 0. The van der Waals surface area contributed by atoms with Gasteiger partial charge in [-0.2, -0.15) is 0 Å². The molecule has 2 heteroatoms. The molecule has 0 amide bonds. The molecule has 0 saturated carbocycles. The van der Waals surface area contributed by atoms with Crippen LogP contribution in [0, 0.1) is 0 Å². The van der Waals surface area contributed by atoms with Crippen molar-refractivity contribution in [3.8, 4) is 0 Å². The largest absolute Gasteiger partial charge is 0.0733 e. The van der Waals surface area contributed by atoms with E-state index >= 15 is 0 Å². The van der Waals surface area contributed by atoms with Gasteiger partial charge in [0.1, 0.15) is 0 Å². The van der Waals surface area contributed by atoms with Crippen LogP contribution in [0.25, 0.3) is 0 Å². The predicted molar refractivity (Wildman–Crippen MR) is 81.1 cm³/mol. The fourth-order valence-electron chi connectivity index (χ4n) is 2.06. The Morgan fingerprint density at radius 2 is 0.938 bits per heavy atom. The van der Waals surface area contributed by atoms with Crippen LogP contribution in [0.3, 0.4) is 0 Å². The highest BCUT2D eigenvalue weighted by Crippen LogP contribution is 2.13. The van der Waals surface area contributed by atoms with Crippen LogP contribution in [-0.4, -0.2) is 16.6 Å². The molecule has 0 rings (SSSR count). The van der Waals surface area contributed by atoms with Gasteiger partial charge in [0.25, 0.3) is 0 Å². The Bertz CT molecular complexity index is 121. The summed E-state index contributed by atoms with van der Waals surface area (Å²) in [5.74, 6) is 0. The predicted octanol–water partition coefficient (Wildman–Crippen LogP) is 5.47. The number of hydrogen-bond donors (Lipinski definition) is 0. The van der Waals surface area contributed by atoms with Gasteiger partial charge in [-0.1, -0.05) is 90.4 Å². The molecule has 0 N–H and O–H groups in total. The number of rotatable bonds is 11. The standard InChI is InChI=1S/C14H32Si2/c1-5-7-9-11-13-15(3)16(4)14-12-10-8-6-2/h5-14H2,1-4H3. The monoisotopic (exact) mass is 256 g/mol. The SMILES string of the molecule is CCCCCC[Si](C)[Si](C)CCCCCC. The van der Waals surface area contributed by atoms with E-state index in [1.165, 1.54) is 51.4 Å². The van der Waals surface area contributed by atoms with Gasteiger partial charge in [0.15, 0.2) is 0 Å². The van der Waals surface area contributed by atoms with E-state index < -0.39 is 0 Å². The molecule has 0 aromatic carbocycles. The van der Waals surface area contributed by atoms with Crippen LogP contribution >= 0.6 is 0 Å². The molecular weight excluding hydrogens is 224 g/mol. The van der Waals surface area contributed by atoms with Gasteiger partial charge in [-0.15, -0.1) is 0 Å². The minimum absolute atomic E-state index is 0.0670. The molecule has 0 aromatic rings. The van der Waals surface area contributed by atoms with Crippen LogP contribution < -0.4 is 0 Å². The van der Waals surface area contributed by atoms with E-state index in [1.54, 1.807) is 12.1 Å². The summed E-state index contributed by atoms with van der Waals surface area (Å²) in [6, 6.07) is 3.20. The number of unbranched alkanes of at least 4 members (excludes halogenated alkanes) is 6. The lowest BCUT2D eigenvalue weighted by Crippen LogP contribution is -2.29. The van der Waals surface area contributed by atoms with Crippen LogP contribution in [0.4, 0.5) is 0 Å². The zero-order chi connectivity index (χ0) is 12.2. The molecule has 0 aliphatic heterocycles. The van der Waals surface area contributed by atoms with Gasteiger partial charge in [0, 0.05) is 16.6 Å². The molecule has 0 bridgehead atoms. The van der Waals surface area contributed by atoms with Crippen molar-refractivity contribution in [2.24, 2.45) is 0 Å². The molecule has 0 heterocycles. The van der Waals surface area contributed by atoms with Crippen molar-refractivity contribution in [3.63, 3.8) is 0 Å². The van der Waals surface area contributed by atoms with E-state index in [9.17, 15) is 0 Å². The van der Waals surface area contributed by atoms with Crippen molar-refractivity contribution < 1.29 is 0 Å². The van der Waals surface area contributed by atoms with Crippen LogP contribution in [-0.2, 0) is 0 Å². The van der Waals surface area contributed by atoms with E-state index in [-0.39, 0.29) is 16.6 Å². The van der Waals surface area contributed by atoms with Gasteiger partial charge in [-0.3, -0.25) is 0 Å². The second kappa shape index (κ2) is 11.9. The molecule has 0 aliphatic carbocycles. The van der Waals surface area contributed by atoms with E-state index in [4.69, 9.17) is 0 Å². The molecule has 0 fully saturated rings. The third-order valence-corrected chi connectivity index (χ3v) is 13.1. The molecular formula is C14H32Si2. The summed E-state index contributed by atoms with van der Waals surface area (Å²) in [5, 5.41) is 0. The quantitative estimate of drug-likeness (QED) is 0.339. The maximum Gasteiger partial charge on any atom is 0.0342 e. The minimum atomic E-state index is 0.0670. The molecule has 2 radical (unpaired) electrons. The Hall–Kier alpha value is 0.434. The van der Waals surface area contributed by atoms with Crippen molar-refractivity contribution in [1.29, 1.82) is 0 Å². The zero-order valence-electron chi connectivity index (χ0n) is 12.1. The second-order valence-electron chi connectivity index (χ2n) is 5.18. The van der Waals surface area contributed by atoms with Crippen molar-refractivity contribution >= 4 is 16.6 Å². The topological polar surface area (TPSA) is 0 Å². The third-order valence-electron chi connectivity index (χ3n) is 3.54. The van der Waals surface area contributed by atoms with Crippen LogP contribution in [0.1, 0.15) is 65.2 Å². The highest BCUT2D eigenvalue weighted by molar-refractivity contribution is 7.21. The van der Waals surface area contributed by atoms with Crippen LogP contribution in [0.15, 0.2) is 0 Å². The second-order valence-corrected chi connectivity index (χ2v) is 14.4. The van der Waals surface area contributed by atoms with E-state index in [1.807, 2.05) is 0 Å². The molecule has 0 aromatic heterocycles. The molecule has 0 unspecified atom stereocenters. The lowest BCUT2D eigenvalue weighted by molar-refractivity contribution is 0.697. The minimum Gasteiger partial charge on any atom is -0.0733 e. The fraction of sp³-hybridized carbons (Fsp3) is 1.00. The van der Waals surface area contributed by atoms with Crippen molar-refractivity contribution in [1.82, 2.24) is 0 Å². The highest BCUT2D eigenvalue weighted by Gasteiger charge is 2.14. The van der Waals surface area contributed by atoms with Crippen LogP contribution in [0.2, 0.25) is 25.2 Å². The Balaban J connectivity index is 3.38. The average molecular weight is 257 g/mol. The van der Waals surface area contributed by atoms with Crippen molar-refractivity contribution in [2.45, 2.75) is 90.4 Å². The van der Waals surface area contributed by atoms with E-state index in [0.717, 1.165) is 0 Å². The first-order valence-electron chi connectivity index (χ1n) is 7.37. The van der Waals surface area contributed by atoms with Crippen molar-refractivity contribution in [2.75, 3.05) is 0 Å². The first-order valence-corrected chi connectivity index (χ1v) is 12.8. The molecule has 0 nitrogen and oxygen atoms in total. The Morgan fingerprint density at radius 1 is 0.562 bits per heavy atom. The van der Waals surface area contributed by atoms with Gasteiger partial charge in [-0.25, -0.2) is 0 Å². The first-order chi connectivity index (χ1) is 7.72. The lowest BCUT2D eigenvalue weighted by atomic mass is 10.2. The van der Waals surface area contributed by atoms with Gasteiger partial charge >= 0.3 is 0 Å². The first kappa shape index (κ1) is 16.4. The van der Waals surface area contributed by atoms with E-state index in [0.29, 0.717) is 0 Å². The normalized spacial score (nSPS) is 11.6. The summed E-state index contributed by atoms with van der Waals surface area (Å²) in [6.45, 7) is 9.82. The zero-order valence-corrected chi connectivity index (χ0v) is 14.1. The molecule has 0 spiro atoms. The Morgan fingerprint density at radius 3 is 1.25 bits per heavy atom. The number of hydrogen-bond acceptors (Lipinski definition) is 0.